The van der Waals surface area contributed by atoms with Gasteiger partial charge >= 0.3 is 0 Å². The zero-order valence-electron chi connectivity index (χ0n) is 9.64. The van der Waals surface area contributed by atoms with Crippen LogP contribution in [0.5, 0.6) is 0 Å². The van der Waals surface area contributed by atoms with Gasteiger partial charge in [0, 0.05) is 19.1 Å². The van der Waals surface area contributed by atoms with E-state index in [4.69, 9.17) is 11.5 Å². The van der Waals surface area contributed by atoms with E-state index in [-0.39, 0.29) is 17.5 Å². The summed E-state index contributed by atoms with van der Waals surface area (Å²) >= 11 is 0. The maximum absolute atomic E-state index is 11.4. The maximum Gasteiger partial charge on any atom is 0.238 e. The van der Waals surface area contributed by atoms with Gasteiger partial charge in [-0.15, -0.1) is 0 Å². The van der Waals surface area contributed by atoms with Gasteiger partial charge in [0.25, 0.3) is 0 Å². The predicted molar refractivity (Wildman–Crippen MR) is 61.5 cm³/mol. The van der Waals surface area contributed by atoms with E-state index in [2.05, 4.69) is 0 Å². The highest BCUT2D eigenvalue weighted by Gasteiger charge is 2.34. The maximum atomic E-state index is 11.4. The molecule has 4 N–H and O–H groups in total. The molecule has 1 amide bonds. The number of nitrogens with zero attached hydrogens (tertiary/aromatic N) is 1. The second kappa shape index (κ2) is 4.31. The van der Waals surface area contributed by atoms with E-state index >= 15 is 0 Å². The van der Waals surface area contributed by atoms with Crippen LogP contribution in [0.1, 0.15) is 13.8 Å². The molecule has 0 spiro atoms. The van der Waals surface area contributed by atoms with Gasteiger partial charge in [0.2, 0.25) is 5.91 Å². The molecule has 7 heteroatoms. The van der Waals surface area contributed by atoms with Crippen LogP contribution in [-0.4, -0.2) is 55.4 Å². The first kappa shape index (κ1) is 13.4. The first-order valence-electron chi connectivity index (χ1n) is 5.17. The Hall–Kier alpha value is -0.660. The minimum atomic E-state index is -2.94. The Morgan fingerprint density at radius 3 is 2.56 bits per heavy atom. The fourth-order valence-electron chi connectivity index (χ4n) is 1.77. The molecule has 2 unspecified atom stereocenters. The van der Waals surface area contributed by atoms with Gasteiger partial charge in [0.15, 0.2) is 9.84 Å². The van der Waals surface area contributed by atoms with Crippen LogP contribution in [-0.2, 0) is 14.6 Å². The average Bonchev–Trinajstić information content (AvgIpc) is 2.09. The lowest BCUT2D eigenvalue weighted by atomic mass is 10.0. The molecule has 1 heterocycles. The monoisotopic (exact) mass is 249 g/mol. The summed E-state index contributed by atoms with van der Waals surface area (Å²) in [5.74, 6) is -0.346. The highest BCUT2D eigenvalue weighted by Crippen LogP contribution is 2.14. The molecular formula is C9H19N3O3S. The number of carbonyl (C=O) groups excluding carboxylic acids is 1. The molecule has 0 aliphatic carbocycles. The first-order chi connectivity index (χ1) is 7.14. The Balaban J connectivity index is 2.68. The van der Waals surface area contributed by atoms with Crippen LogP contribution in [0.15, 0.2) is 0 Å². The van der Waals surface area contributed by atoms with Crippen molar-refractivity contribution >= 4 is 15.7 Å². The van der Waals surface area contributed by atoms with E-state index in [1.807, 2.05) is 11.8 Å². The van der Waals surface area contributed by atoms with Crippen molar-refractivity contribution in [2.24, 2.45) is 11.5 Å². The molecule has 1 aliphatic rings. The Morgan fingerprint density at radius 2 is 2.12 bits per heavy atom. The molecule has 0 aromatic carbocycles. The van der Waals surface area contributed by atoms with Gasteiger partial charge in [-0.05, 0) is 13.8 Å². The third kappa shape index (κ3) is 3.16. The summed E-state index contributed by atoms with van der Waals surface area (Å²) < 4.78 is 22.7. The van der Waals surface area contributed by atoms with Crippen LogP contribution in [0.25, 0.3) is 0 Å². The fraction of sp³-hybridized carbons (Fsp3) is 0.889. The Labute approximate surface area is 95.9 Å². The summed E-state index contributed by atoms with van der Waals surface area (Å²) in [5, 5.41) is 0. The highest BCUT2D eigenvalue weighted by molar-refractivity contribution is 7.91. The number of hydrogen-bond acceptors (Lipinski definition) is 5. The highest BCUT2D eigenvalue weighted by atomic mass is 32.2. The van der Waals surface area contributed by atoms with Crippen LogP contribution >= 0.6 is 0 Å². The Kier molecular flexibility index (Phi) is 3.61. The lowest BCUT2D eigenvalue weighted by Crippen LogP contribution is -2.60. The topological polar surface area (TPSA) is 106 Å². The van der Waals surface area contributed by atoms with Crippen LogP contribution in [0.2, 0.25) is 0 Å². The molecule has 1 saturated heterocycles. The van der Waals surface area contributed by atoms with E-state index in [9.17, 15) is 13.2 Å². The molecule has 1 rings (SSSR count). The van der Waals surface area contributed by atoms with Gasteiger partial charge in [-0.1, -0.05) is 0 Å². The zero-order valence-corrected chi connectivity index (χ0v) is 10.5. The van der Waals surface area contributed by atoms with Crippen molar-refractivity contribution in [3.8, 4) is 0 Å². The largest absolute Gasteiger partial charge is 0.368 e. The van der Waals surface area contributed by atoms with Crippen LogP contribution in [0.4, 0.5) is 0 Å². The number of carbonyl (C=O) groups is 1. The third-order valence-electron chi connectivity index (χ3n) is 2.90. The van der Waals surface area contributed by atoms with Crippen molar-refractivity contribution in [1.82, 2.24) is 4.90 Å². The number of primary amides is 1. The van der Waals surface area contributed by atoms with Crippen molar-refractivity contribution in [2.45, 2.75) is 25.4 Å². The van der Waals surface area contributed by atoms with Crippen molar-refractivity contribution in [2.75, 3.05) is 24.6 Å². The Bertz CT molecular complexity index is 377. The van der Waals surface area contributed by atoms with Gasteiger partial charge in [-0.25, -0.2) is 8.42 Å². The molecular weight excluding hydrogens is 230 g/mol. The van der Waals surface area contributed by atoms with Crippen molar-refractivity contribution in [1.29, 1.82) is 0 Å². The number of sulfone groups is 1. The summed E-state index contributed by atoms with van der Waals surface area (Å²) in [7, 11) is -2.94. The van der Waals surface area contributed by atoms with Crippen molar-refractivity contribution < 1.29 is 13.2 Å². The average molecular weight is 249 g/mol. The number of hydrogen-bond donors (Lipinski definition) is 2. The number of rotatable bonds is 3. The lowest BCUT2D eigenvalue weighted by molar-refractivity contribution is -0.123. The standard InChI is InChI=1S/C9H19N3O3S/c1-7-5-16(14,15)4-3-12(7)6-9(2,11)8(10)13/h7H,3-6,11H2,1-2H3,(H2,10,13). The molecule has 0 bridgehead atoms. The summed E-state index contributed by atoms with van der Waals surface area (Å²) in [6.07, 6.45) is 0. The van der Waals surface area contributed by atoms with Gasteiger partial charge in [0.1, 0.15) is 5.54 Å². The summed E-state index contributed by atoms with van der Waals surface area (Å²) in [6.45, 7) is 4.07. The van der Waals surface area contributed by atoms with E-state index in [1.165, 1.54) is 0 Å². The van der Waals surface area contributed by atoms with E-state index in [0.29, 0.717) is 13.1 Å². The molecule has 6 nitrogen and oxygen atoms in total. The van der Waals surface area contributed by atoms with E-state index in [1.54, 1.807) is 6.92 Å². The molecule has 94 valence electrons. The molecule has 1 fully saturated rings. The normalized spacial score (nSPS) is 29.6. The van der Waals surface area contributed by atoms with Gasteiger partial charge in [0.05, 0.1) is 11.5 Å². The van der Waals surface area contributed by atoms with Crippen LogP contribution < -0.4 is 11.5 Å². The smallest absolute Gasteiger partial charge is 0.238 e. The van der Waals surface area contributed by atoms with Gasteiger partial charge in [-0.2, -0.15) is 0 Å². The SMILES string of the molecule is CC1CS(=O)(=O)CCN1CC(C)(N)C(N)=O. The minimum Gasteiger partial charge on any atom is -0.368 e. The number of amides is 1. The molecule has 0 aromatic heterocycles. The van der Waals surface area contributed by atoms with Gasteiger partial charge < -0.3 is 11.5 Å². The molecule has 0 aromatic rings. The molecule has 16 heavy (non-hydrogen) atoms. The van der Waals surface area contributed by atoms with Gasteiger partial charge in [-0.3, -0.25) is 9.69 Å². The zero-order chi connectivity index (χ0) is 12.6. The van der Waals surface area contributed by atoms with E-state index in [0.717, 1.165) is 0 Å². The second-order valence-corrected chi connectivity index (χ2v) is 6.94. The predicted octanol–water partition coefficient (Wildman–Crippen LogP) is -1.69. The lowest BCUT2D eigenvalue weighted by Gasteiger charge is -2.37. The molecule has 2 atom stereocenters. The fourth-order valence-corrected chi connectivity index (χ4v) is 3.39. The minimum absolute atomic E-state index is 0.113. The summed E-state index contributed by atoms with van der Waals surface area (Å²) in [6, 6.07) is -0.124. The summed E-state index contributed by atoms with van der Waals surface area (Å²) in [5.41, 5.74) is 9.82. The molecule has 1 aliphatic heterocycles. The molecule has 0 radical (unpaired) electrons. The Morgan fingerprint density at radius 1 is 1.56 bits per heavy atom. The van der Waals surface area contributed by atoms with Crippen LogP contribution in [0.3, 0.4) is 0 Å². The van der Waals surface area contributed by atoms with E-state index < -0.39 is 21.3 Å². The quantitative estimate of drug-likeness (QED) is 0.620. The first-order valence-corrected chi connectivity index (χ1v) is 6.99. The van der Waals surface area contributed by atoms with Crippen molar-refractivity contribution in [3.63, 3.8) is 0 Å². The molecule has 0 saturated carbocycles. The third-order valence-corrected chi connectivity index (χ3v) is 4.70. The number of nitrogens with two attached hydrogens (primary N) is 2. The summed E-state index contributed by atoms with van der Waals surface area (Å²) in [4.78, 5) is 13.0. The van der Waals surface area contributed by atoms with Crippen LogP contribution in [0, 0.1) is 0 Å². The second-order valence-electron chi connectivity index (χ2n) is 4.72. The van der Waals surface area contributed by atoms with Crippen molar-refractivity contribution in [3.05, 3.63) is 0 Å².